The van der Waals surface area contributed by atoms with Crippen molar-refractivity contribution in [2.45, 2.75) is 269 Å². The Labute approximate surface area is 335 Å². The normalized spacial score (nSPS) is 14.3. The summed E-state index contributed by atoms with van der Waals surface area (Å²) in [6.45, 7) is 4.04. The molecular weight excluding hydrogens is 671 g/mol. The van der Waals surface area contributed by atoms with E-state index in [1.54, 1.807) is 0 Å². The SMILES string of the molecule is CCCCCCCCCCCCCCCCCC/C=C/CC/C=C/CCCC(O)C(O)C(CO)NC(=O)C(O)CCCCCCCCCCCCCCC. The van der Waals surface area contributed by atoms with Gasteiger partial charge in [0, 0.05) is 0 Å². The van der Waals surface area contributed by atoms with Gasteiger partial charge in [0.25, 0.3) is 0 Å². The molecule has 0 radical (unpaired) electrons. The molecule has 0 saturated heterocycles. The Bertz CT molecular complexity index is 817. The van der Waals surface area contributed by atoms with Gasteiger partial charge in [-0.25, -0.2) is 0 Å². The number of allylic oxidation sites excluding steroid dienone is 4. The molecule has 0 spiro atoms. The quantitative estimate of drug-likeness (QED) is 0.0314. The first-order valence-corrected chi connectivity index (χ1v) is 23.7. The van der Waals surface area contributed by atoms with Crippen molar-refractivity contribution >= 4 is 5.91 Å². The maximum Gasteiger partial charge on any atom is 0.249 e. The number of nitrogens with one attached hydrogen (secondary N) is 1. The summed E-state index contributed by atoms with van der Waals surface area (Å²) < 4.78 is 0. The smallest absolute Gasteiger partial charge is 0.249 e. The topological polar surface area (TPSA) is 110 Å². The highest BCUT2D eigenvalue weighted by atomic mass is 16.3. The second kappa shape index (κ2) is 42.9. The van der Waals surface area contributed by atoms with Gasteiger partial charge in [-0.05, 0) is 51.4 Å². The molecule has 4 unspecified atom stereocenters. The molecule has 5 N–H and O–H groups in total. The fraction of sp³-hybridized carbons (Fsp3) is 0.896. The molecule has 0 aliphatic carbocycles. The van der Waals surface area contributed by atoms with E-state index in [1.165, 1.54) is 173 Å². The minimum Gasteiger partial charge on any atom is -0.394 e. The van der Waals surface area contributed by atoms with Gasteiger partial charge >= 0.3 is 0 Å². The van der Waals surface area contributed by atoms with Crippen LogP contribution in [0.3, 0.4) is 0 Å². The summed E-state index contributed by atoms with van der Waals surface area (Å²) in [7, 11) is 0. The van der Waals surface area contributed by atoms with Crippen LogP contribution in [-0.2, 0) is 4.79 Å². The standard InChI is InChI=1S/C48H93NO5/c1-3-5-7-9-11-13-15-17-18-19-20-21-22-23-24-25-26-27-28-30-31-33-35-37-39-41-45(51)47(53)44(43-50)49-48(54)46(52)42-40-38-36-34-32-29-16-14-12-10-8-6-4-2/h27-28,33,35,44-47,50-53H,3-26,29-32,34,36-43H2,1-2H3,(H,49,54)/b28-27+,35-33+. The number of rotatable bonds is 43. The summed E-state index contributed by atoms with van der Waals surface area (Å²) in [6.07, 6.45) is 49.4. The molecule has 0 aliphatic heterocycles. The van der Waals surface area contributed by atoms with E-state index in [2.05, 4.69) is 43.5 Å². The molecule has 0 fully saturated rings. The van der Waals surface area contributed by atoms with Gasteiger partial charge in [-0.1, -0.05) is 218 Å². The summed E-state index contributed by atoms with van der Waals surface area (Å²) in [6, 6.07) is -1.00. The van der Waals surface area contributed by atoms with E-state index in [0.717, 1.165) is 38.5 Å². The predicted molar refractivity (Wildman–Crippen MR) is 233 cm³/mol. The van der Waals surface area contributed by atoms with Crippen molar-refractivity contribution in [3.05, 3.63) is 24.3 Å². The molecule has 4 atom stereocenters. The van der Waals surface area contributed by atoms with Crippen LogP contribution in [0.1, 0.15) is 245 Å². The zero-order chi connectivity index (χ0) is 39.6. The molecule has 0 saturated carbocycles. The zero-order valence-electron chi connectivity index (χ0n) is 36.0. The van der Waals surface area contributed by atoms with Gasteiger partial charge in [0.2, 0.25) is 5.91 Å². The first-order valence-electron chi connectivity index (χ1n) is 23.7. The molecule has 6 nitrogen and oxygen atoms in total. The Kier molecular flexibility index (Phi) is 42.0. The van der Waals surface area contributed by atoms with Crippen LogP contribution < -0.4 is 5.32 Å². The molecule has 320 valence electrons. The molecule has 6 heteroatoms. The summed E-state index contributed by atoms with van der Waals surface area (Å²) in [5.41, 5.74) is 0. The van der Waals surface area contributed by atoms with Crippen LogP contribution in [0, 0.1) is 0 Å². The molecule has 0 bridgehead atoms. The lowest BCUT2D eigenvalue weighted by molar-refractivity contribution is -0.132. The van der Waals surface area contributed by atoms with Crippen molar-refractivity contribution in [1.29, 1.82) is 0 Å². The minimum atomic E-state index is -1.29. The second-order valence-electron chi connectivity index (χ2n) is 16.4. The van der Waals surface area contributed by atoms with E-state index in [0.29, 0.717) is 19.3 Å². The van der Waals surface area contributed by atoms with E-state index < -0.39 is 36.9 Å². The van der Waals surface area contributed by atoms with Crippen LogP contribution in [0.25, 0.3) is 0 Å². The number of unbranched alkanes of at least 4 members (excludes halogenated alkanes) is 30. The number of carbonyl (C=O) groups is 1. The minimum absolute atomic E-state index is 0.363. The average Bonchev–Trinajstić information content (AvgIpc) is 3.18. The van der Waals surface area contributed by atoms with Crippen LogP contribution in [0.2, 0.25) is 0 Å². The third kappa shape index (κ3) is 36.4. The molecule has 0 rings (SSSR count). The molecule has 54 heavy (non-hydrogen) atoms. The summed E-state index contributed by atoms with van der Waals surface area (Å²) in [5, 5.41) is 43.7. The van der Waals surface area contributed by atoms with E-state index in [1.807, 2.05) is 0 Å². The molecular formula is C48H93NO5. The van der Waals surface area contributed by atoms with Gasteiger partial charge in [-0.3, -0.25) is 4.79 Å². The zero-order valence-corrected chi connectivity index (χ0v) is 36.0. The molecule has 0 aromatic rings. The van der Waals surface area contributed by atoms with E-state index in [-0.39, 0.29) is 0 Å². The lowest BCUT2D eigenvalue weighted by Gasteiger charge is -2.27. The maximum absolute atomic E-state index is 12.5. The largest absolute Gasteiger partial charge is 0.394 e. The fourth-order valence-corrected chi connectivity index (χ4v) is 7.36. The summed E-state index contributed by atoms with van der Waals surface area (Å²) in [5.74, 6) is -0.596. The first-order chi connectivity index (χ1) is 26.5. The number of amides is 1. The number of hydrogen-bond acceptors (Lipinski definition) is 5. The third-order valence-electron chi connectivity index (χ3n) is 11.1. The molecule has 1 amide bonds. The number of aliphatic hydroxyl groups is 4. The summed E-state index contributed by atoms with van der Waals surface area (Å²) in [4.78, 5) is 12.5. The summed E-state index contributed by atoms with van der Waals surface area (Å²) >= 11 is 0. The van der Waals surface area contributed by atoms with Crippen molar-refractivity contribution in [2.24, 2.45) is 0 Å². The third-order valence-corrected chi connectivity index (χ3v) is 11.1. The molecule has 0 aromatic heterocycles. The van der Waals surface area contributed by atoms with Crippen LogP contribution in [-0.4, -0.2) is 57.3 Å². The Morgan fingerprint density at radius 3 is 1.17 bits per heavy atom. The van der Waals surface area contributed by atoms with E-state index in [9.17, 15) is 25.2 Å². The Hall–Kier alpha value is -1.21. The Morgan fingerprint density at radius 1 is 0.444 bits per heavy atom. The van der Waals surface area contributed by atoms with Crippen LogP contribution in [0.15, 0.2) is 24.3 Å². The first kappa shape index (κ1) is 52.8. The van der Waals surface area contributed by atoms with Crippen molar-refractivity contribution in [3.63, 3.8) is 0 Å². The maximum atomic E-state index is 12.5. The average molecular weight is 764 g/mol. The van der Waals surface area contributed by atoms with E-state index in [4.69, 9.17) is 0 Å². The van der Waals surface area contributed by atoms with E-state index >= 15 is 0 Å². The second-order valence-corrected chi connectivity index (χ2v) is 16.4. The van der Waals surface area contributed by atoms with Crippen LogP contribution in [0.4, 0.5) is 0 Å². The Morgan fingerprint density at radius 2 is 0.778 bits per heavy atom. The van der Waals surface area contributed by atoms with Crippen LogP contribution >= 0.6 is 0 Å². The van der Waals surface area contributed by atoms with Crippen molar-refractivity contribution < 1.29 is 25.2 Å². The van der Waals surface area contributed by atoms with Crippen molar-refractivity contribution in [1.82, 2.24) is 5.32 Å². The van der Waals surface area contributed by atoms with Gasteiger partial charge in [0.15, 0.2) is 0 Å². The van der Waals surface area contributed by atoms with Gasteiger partial charge in [0.1, 0.15) is 12.2 Å². The van der Waals surface area contributed by atoms with Gasteiger partial charge in [-0.2, -0.15) is 0 Å². The number of hydrogen-bond donors (Lipinski definition) is 5. The van der Waals surface area contributed by atoms with Gasteiger partial charge < -0.3 is 25.7 Å². The number of aliphatic hydroxyl groups excluding tert-OH is 4. The highest BCUT2D eigenvalue weighted by Crippen LogP contribution is 2.16. The highest BCUT2D eigenvalue weighted by Gasteiger charge is 2.28. The van der Waals surface area contributed by atoms with Crippen molar-refractivity contribution in [2.75, 3.05) is 6.61 Å². The predicted octanol–water partition coefficient (Wildman–Crippen LogP) is 12.7. The lowest BCUT2D eigenvalue weighted by atomic mass is 10.00. The molecule has 0 aliphatic rings. The highest BCUT2D eigenvalue weighted by molar-refractivity contribution is 5.80. The number of carbonyl (C=O) groups excluding carboxylic acids is 1. The molecule has 0 aromatic carbocycles. The van der Waals surface area contributed by atoms with Gasteiger partial charge in [-0.15, -0.1) is 0 Å². The monoisotopic (exact) mass is 764 g/mol. The fourth-order valence-electron chi connectivity index (χ4n) is 7.36. The molecule has 0 heterocycles. The lowest BCUT2D eigenvalue weighted by Crippen LogP contribution is -2.53. The van der Waals surface area contributed by atoms with Crippen molar-refractivity contribution in [3.8, 4) is 0 Å². The Balaban J connectivity index is 3.73. The van der Waals surface area contributed by atoms with Crippen LogP contribution in [0.5, 0.6) is 0 Å². The van der Waals surface area contributed by atoms with Gasteiger partial charge in [0.05, 0.1) is 18.8 Å².